The van der Waals surface area contributed by atoms with Crippen LogP contribution in [0.15, 0.2) is 72.5 Å². The van der Waals surface area contributed by atoms with Crippen molar-refractivity contribution in [3.05, 3.63) is 99.2 Å². The Labute approximate surface area is 177 Å². The van der Waals surface area contributed by atoms with Gasteiger partial charge < -0.3 is 9.47 Å². The molecule has 0 bridgehead atoms. The Morgan fingerprint density at radius 3 is 2.41 bits per heavy atom. The van der Waals surface area contributed by atoms with E-state index in [-0.39, 0.29) is 18.0 Å². The molecule has 0 aliphatic carbocycles. The standard InChI is InChI=1S/C23H14Cl2O4/c24-18-7-4-8-19(25)17(18)13-21-23(27)16-10-9-15(12-20(16)29-21)28-22(26)11-14-5-2-1-3-6-14/h1-10,12-13H,11H2/b21-13-. The average Bonchev–Trinajstić information content (AvgIpc) is 3.00. The van der Waals surface area contributed by atoms with E-state index in [1.165, 1.54) is 12.1 Å². The third-order valence-corrected chi connectivity index (χ3v) is 5.00. The van der Waals surface area contributed by atoms with Crippen LogP contribution in [0.25, 0.3) is 6.08 Å². The number of halogens is 2. The van der Waals surface area contributed by atoms with E-state index in [9.17, 15) is 9.59 Å². The number of rotatable bonds is 4. The van der Waals surface area contributed by atoms with Crippen molar-refractivity contribution in [3.8, 4) is 11.5 Å². The van der Waals surface area contributed by atoms with Crippen molar-refractivity contribution in [2.45, 2.75) is 6.42 Å². The molecule has 0 N–H and O–H groups in total. The maximum Gasteiger partial charge on any atom is 0.315 e. The lowest BCUT2D eigenvalue weighted by Gasteiger charge is -2.06. The van der Waals surface area contributed by atoms with E-state index in [1.807, 2.05) is 30.3 Å². The number of carbonyl (C=O) groups is 2. The third-order valence-electron chi connectivity index (χ3n) is 4.34. The van der Waals surface area contributed by atoms with Crippen LogP contribution in [0.3, 0.4) is 0 Å². The first-order valence-corrected chi connectivity index (χ1v) is 9.54. The van der Waals surface area contributed by atoms with E-state index >= 15 is 0 Å². The van der Waals surface area contributed by atoms with Gasteiger partial charge in [-0.25, -0.2) is 0 Å². The molecule has 0 unspecified atom stereocenters. The molecule has 0 saturated carbocycles. The maximum atomic E-state index is 12.6. The van der Waals surface area contributed by atoms with Crippen LogP contribution in [0.2, 0.25) is 10.0 Å². The van der Waals surface area contributed by atoms with Gasteiger partial charge >= 0.3 is 5.97 Å². The zero-order valence-electron chi connectivity index (χ0n) is 15.0. The van der Waals surface area contributed by atoms with Gasteiger partial charge in [-0.2, -0.15) is 0 Å². The Balaban J connectivity index is 1.53. The number of allylic oxidation sites excluding steroid dienone is 1. The molecule has 0 aromatic heterocycles. The topological polar surface area (TPSA) is 52.6 Å². The zero-order valence-corrected chi connectivity index (χ0v) is 16.5. The molecule has 4 nitrogen and oxygen atoms in total. The van der Waals surface area contributed by atoms with Gasteiger partial charge in [0.25, 0.3) is 0 Å². The van der Waals surface area contributed by atoms with Gasteiger partial charge in [-0.1, -0.05) is 59.6 Å². The normalized spacial score (nSPS) is 13.9. The number of carbonyl (C=O) groups excluding carboxylic acids is 2. The van der Waals surface area contributed by atoms with E-state index < -0.39 is 5.97 Å². The van der Waals surface area contributed by atoms with E-state index in [0.29, 0.717) is 32.7 Å². The molecule has 0 saturated heterocycles. The fraction of sp³-hybridized carbons (Fsp3) is 0.0435. The Kier molecular flexibility index (Phi) is 5.38. The minimum atomic E-state index is -0.404. The van der Waals surface area contributed by atoms with E-state index in [4.69, 9.17) is 32.7 Å². The first kappa shape index (κ1) is 19.2. The summed E-state index contributed by atoms with van der Waals surface area (Å²) in [5.74, 6) is 0.0175. The predicted octanol–water partition coefficient (Wildman–Crippen LogP) is 5.76. The lowest BCUT2D eigenvalue weighted by molar-refractivity contribution is -0.133. The Morgan fingerprint density at radius 1 is 0.966 bits per heavy atom. The highest BCUT2D eigenvalue weighted by Crippen LogP contribution is 2.36. The number of esters is 1. The second kappa shape index (κ2) is 8.11. The Morgan fingerprint density at radius 2 is 1.69 bits per heavy atom. The van der Waals surface area contributed by atoms with Gasteiger partial charge in [0.15, 0.2) is 5.76 Å². The molecule has 3 aromatic carbocycles. The summed E-state index contributed by atoms with van der Waals surface area (Å²) >= 11 is 12.3. The predicted molar refractivity (Wildman–Crippen MR) is 112 cm³/mol. The largest absolute Gasteiger partial charge is 0.452 e. The minimum Gasteiger partial charge on any atom is -0.452 e. The fourth-order valence-electron chi connectivity index (χ4n) is 2.94. The maximum absolute atomic E-state index is 12.6. The molecule has 144 valence electrons. The molecule has 6 heteroatoms. The summed E-state index contributed by atoms with van der Waals surface area (Å²) in [7, 11) is 0. The van der Waals surface area contributed by atoms with Gasteiger partial charge in [0.05, 0.1) is 12.0 Å². The SMILES string of the molecule is O=C(Cc1ccccc1)Oc1ccc2c(c1)O/C(=C\c1c(Cl)cccc1Cl)C2=O. The molecule has 1 aliphatic rings. The van der Waals surface area contributed by atoms with Crippen molar-refractivity contribution in [2.75, 3.05) is 0 Å². The van der Waals surface area contributed by atoms with Gasteiger partial charge in [-0.05, 0) is 35.9 Å². The van der Waals surface area contributed by atoms with Crippen LogP contribution in [-0.4, -0.2) is 11.8 Å². The van der Waals surface area contributed by atoms with E-state index in [1.54, 1.807) is 30.3 Å². The van der Waals surface area contributed by atoms with Crippen LogP contribution in [0, 0.1) is 0 Å². The molecule has 0 spiro atoms. The second-order valence-corrected chi connectivity index (χ2v) is 7.18. The summed E-state index contributed by atoms with van der Waals surface area (Å²) in [6.07, 6.45) is 1.65. The van der Waals surface area contributed by atoms with E-state index in [2.05, 4.69) is 0 Å². The smallest absolute Gasteiger partial charge is 0.315 e. The van der Waals surface area contributed by atoms with Gasteiger partial charge in [0, 0.05) is 21.7 Å². The highest BCUT2D eigenvalue weighted by atomic mass is 35.5. The lowest BCUT2D eigenvalue weighted by Crippen LogP contribution is -2.11. The van der Waals surface area contributed by atoms with Crippen molar-refractivity contribution in [1.82, 2.24) is 0 Å². The van der Waals surface area contributed by atoms with Crippen LogP contribution in [0.1, 0.15) is 21.5 Å². The molecule has 1 aliphatic heterocycles. The number of ether oxygens (including phenoxy) is 2. The first-order chi connectivity index (χ1) is 14.0. The molecule has 0 fully saturated rings. The summed E-state index contributed by atoms with van der Waals surface area (Å²) in [6, 6.07) is 19.0. The average molecular weight is 425 g/mol. The third kappa shape index (κ3) is 4.19. The number of hydrogen-bond acceptors (Lipinski definition) is 4. The molecule has 0 atom stereocenters. The number of benzene rings is 3. The summed E-state index contributed by atoms with van der Waals surface area (Å²) in [6.45, 7) is 0. The highest BCUT2D eigenvalue weighted by Gasteiger charge is 2.28. The summed E-state index contributed by atoms with van der Waals surface area (Å²) in [5.41, 5.74) is 1.73. The van der Waals surface area contributed by atoms with Crippen molar-refractivity contribution < 1.29 is 19.1 Å². The van der Waals surface area contributed by atoms with Crippen LogP contribution in [-0.2, 0) is 11.2 Å². The van der Waals surface area contributed by atoms with Crippen molar-refractivity contribution in [2.24, 2.45) is 0 Å². The number of fused-ring (bicyclic) bond motifs is 1. The van der Waals surface area contributed by atoms with Gasteiger partial charge in [0.1, 0.15) is 11.5 Å². The fourth-order valence-corrected chi connectivity index (χ4v) is 3.45. The molecule has 0 amide bonds. The molecule has 29 heavy (non-hydrogen) atoms. The van der Waals surface area contributed by atoms with Crippen LogP contribution in [0.5, 0.6) is 11.5 Å². The van der Waals surface area contributed by atoms with Gasteiger partial charge in [0.2, 0.25) is 5.78 Å². The molecule has 3 aromatic rings. The van der Waals surface area contributed by atoms with E-state index in [0.717, 1.165) is 5.56 Å². The molecule has 1 heterocycles. The summed E-state index contributed by atoms with van der Waals surface area (Å²) < 4.78 is 11.1. The molecular formula is C23H14Cl2O4. The Bertz CT molecular complexity index is 1120. The number of Topliss-reactive ketones (excluding diaryl/α,β-unsaturated/α-hetero) is 1. The Hall–Kier alpha value is -3.08. The molecule has 0 radical (unpaired) electrons. The van der Waals surface area contributed by atoms with Gasteiger partial charge in [-0.15, -0.1) is 0 Å². The van der Waals surface area contributed by atoms with Crippen molar-refractivity contribution in [1.29, 1.82) is 0 Å². The van der Waals surface area contributed by atoms with Gasteiger partial charge in [-0.3, -0.25) is 9.59 Å². The summed E-state index contributed by atoms with van der Waals surface area (Å²) in [5, 5.41) is 0.820. The number of ketones is 1. The monoisotopic (exact) mass is 424 g/mol. The summed E-state index contributed by atoms with van der Waals surface area (Å²) in [4.78, 5) is 24.8. The number of hydrogen-bond donors (Lipinski definition) is 0. The van der Waals surface area contributed by atoms with Crippen LogP contribution >= 0.6 is 23.2 Å². The lowest BCUT2D eigenvalue weighted by atomic mass is 10.1. The zero-order chi connectivity index (χ0) is 20.4. The first-order valence-electron chi connectivity index (χ1n) is 8.78. The highest BCUT2D eigenvalue weighted by molar-refractivity contribution is 6.37. The van der Waals surface area contributed by atoms with Crippen molar-refractivity contribution >= 4 is 41.0 Å². The molecular weight excluding hydrogens is 411 g/mol. The second-order valence-electron chi connectivity index (χ2n) is 6.37. The minimum absolute atomic E-state index is 0.0998. The van der Waals surface area contributed by atoms with Crippen LogP contribution in [0.4, 0.5) is 0 Å². The quantitative estimate of drug-likeness (QED) is 0.303. The molecule has 4 rings (SSSR count). The van der Waals surface area contributed by atoms with Crippen molar-refractivity contribution in [3.63, 3.8) is 0 Å². The van der Waals surface area contributed by atoms with Crippen LogP contribution < -0.4 is 9.47 Å².